The van der Waals surface area contributed by atoms with E-state index in [1.807, 2.05) is 42.5 Å². The van der Waals surface area contributed by atoms with Crippen molar-refractivity contribution in [3.05, 3.63) is 72.3 Å². The summed E-state index contributed by atoms with van der Waals surface area (Å²) >= 11 is 0. The van der Waals surface area contributed by atoms with Crippen molar-refractivity contribution in [3.63, 3.8) is 0 Å². The fourth-order valence-electron chi connectivity index (χ4n) is 2.83. The molecule has 28 heavy (non-hydrogen) atoms. The van der Waals surface area contributed by atoms with Gasteiger partial charge in [0.15, 0.2) is 0 Å². The first-order valence-electron chi connectivity index (χ1n) is 8.83. The van der Waals surface area contributed by atoms with E-state index in [0.29, 0.717) is 11.4 Å². The van der Waals surface area contributed by atoms with Crippen molar-refractivity contribution in [2.75, 3.05) is 11.9 Å². The Hall–Kier alpha value is -3.67. The zero-order chi connectivity index (χ0) is 19.9. The van der Waals surface area contributed by atoms with Gasteiger partial charge in [-0.2, -0.15) is 0 Å². The highest BCUT2D eigenvalue weighted by atomic mass is 16.5. The van der Waals surface area contributed by atoms with Gasteiger partial charge in [-0.3, -0.25) is 9.59 Å². The fraction of sp³-hybridized carbons (Fsp3) is 0.136. The minimum absolute atomic E-state index is 0.181. The number of rotatable bonds is 6. The minimum Gasteiger partial charge on any atom is -0.425 e. The highest BCUT2D eigenvalue weighted by Gasteiger charge is 2.10. The maximum atomic E-state index is 12.2. The molecule has 0 unspecified atom stereocenters. The van der Waals surface area contributed by atoms with Crippen molar-refractivity contribution in [2.24, 2.45) is 0 Å². The van der Waals surface area contributed by atoms with E-state index in [2.05, 4.69) is 10.6 Å². The Labute approximate surface area is 162 Å². The summed E-state index contributed by atoms with van der Waals surface area (Å²) in [7, 11) is 0. The Balaban J connectivity index is 1.51. The van der Waals surface area contributed by atoms with E-state index < -0.39 is 5.97 Å². The Morgan fingerprint density at radius 1 is 0.893 bits per heavy atom. The van der Waals surface area contributed by atoms with Gasteiger partial charge in [-0.25, -0.2) is 4.79 Å². The van der Waals surface area contributed by atoms with Crippen molar-refractivity contribution in [2.45, 2.75) is 13.3 Å². The number of ether oxygens (including phenoxy) is 1. The third-order valence-electron chi connectivity index (χ3n) is 4.07. The zero-order valence-corrected chi connectivity index (χ0v) is 15.4. The van der Waals surface area contributed by atoms with E-state index in [1.165, 1.54) is 6.92 Å². The molecule has 3 aromatic carbocycles. The van der Waals surface area contributed by atoms with Crippen LogP contribution in [0, 0.1) is 0 Å². The van der Waals surface area contributed by atoms with Crippen molar-refractivity contribution in [1.82, 2.24) is 5.32 Å². The van der Waals surface area contributed by atoms with E-state index in [4.69, 9.17) is 4.74 Å². The first-order chi connectivity index (χ1) is 13.5. The maximum absolute atomic E-state index is 12.2. The zero-order valence-electron chi connectivity index (χ0n) is 15.4. The normalized spacial score (nSPS) is 10.3. The van der Waals surface area contributed by atoms with E-state index in [-0.39, 0.29) is 24.8 Å². The Morgan fingerprint density at radius 2 is 1.61 bits per heavy atom. The van der Waals surface area contributed by atoms with Crippen LogP contribution in [0.4, 0.5) is 5.69 Å². The van der Waals surface area contributed by atoms with Gasteiger partial charge in [0.25, 0.3) is 0 Å². The molecule has 0 aliphatic rings. The van der Waals surface area contributed by atoms with Crippen molar-refractivity contribution in [3.8, 4) is 5.75 Å². The summed E-state index contributed by atoms with van der Waals surface area (Å²) in [5.41, 5.74) is 1.51. The van der Waals surface area contributed by atoms with Gasteiger partial charge in [-0.15, -0.1) is 0 Å². The lowest BCUT2D eigenvalue weighted by atomic mass is 10.0. The molecule has 0 aromatic heterocycles. The Kier molecular flexibility index (Phi) is 6.01. The number of benzene rings is 3. The molecule has 2 N–H and O–H groups in total. The second-order valence-electron chi connectivity index (χ2n) is 6.27. The molecule has 0 atom stereocenters. The predicted molar refractivity (Wildman–Crippen MR) is 107 cm³/mol. The number of carbonyl (C=O) groups is 3. The van der Waals surface area contributed by atoms with Crippen LogP contribution in [-0.4, -0.2) is 24.3 Å². The molecule has 0 fully saturated rings. The van der Waals surface area contributed by atoms with E-state index in [9.17, 15) is 14.4 Å². The molecule has 142 valence electrons. The number of nitrogens with one attached hydrogen (secondary N) is 2. The van der Waals surface area contributed by atoms with Crippen molar-refractivity contribution >= 4 is 34.2 Å². The summed E-state index contributed by atoms with van der Waals surface area (Å²) in [6.45, 7) is 1.19. The van der Waals surface area contributed by atoms with Crippen LogP contribution in [0.15, 0.2) is 66.7 Å². The van der Waals surface area contributed by atoms with Crippen molar-refractivity contribution < 1.29 is 19.1 Å². The highest BCUT2D eigenvalue weighted by molar-refractivity contribution is 5.91. The first kappa shape index (κ1) is 19.1. The number of hydrogen-bond acceptors (Lipinski definition) is 4. The number of fused-ring (bicyclic) bond motifs is 1. The summed E-state index contributed by atoms with van der Waals surface area (Å²) in [6.07, 6.45) is 0.181. The second-order valence-corrected chi connectivity index (χ2v) is 6.27. The van der Waals surface area contributed by atoms with E-state index in [0.717, 1.165) is 16.3 Å². The lowest BCUT2D eigenvalue weighted by Gasteiger charge is -2.09. The predicted octanol–water partition coefficient (Wildman–Crippen LogP) is 3.06. The summed E-state index contributed by atoms with van der Waals surface area (Å²) in [6, 6.07) is 20.0. The highest BCUT2D eigenvalue weighted by Crippen LogP contribution is 2.19. The molecule has 0 heterocycles. The molecule has 3 aromatic rings. The van der Waals surface area contributed by atoms with Crippen LogP contribution in [0.25, 0.3) is 10.8 Å². The van der Waals surface area contributed by atoms with Crippen LogP contribution in [0.1, 0.15) is 12.5 Å². The quantitative estimate of drug-likeness (QED) is 0.512. The van der Waals surface area contributed by atoms with Gasteiger partial charge < -0.3 is 15.4 Å². The van der Waals surface area contributed by atoms with Crippen LogP contribution in [-0.2, 0) is 20.8 Å². The molecule has 0 spiro atoms. The second kappa shape index (κ2) is 8.81. The monoisotopic (exact) mass is 376 g/mol. The molecular formula is C22H20N2O4. The molecule has 6 heteroatoms. The van der Waals surface area contributed by atoms with Gasteiger partial charge in [0.05, 0.1) is 6.42 Å². The van der Waals surface area contributed by atoms with Crippen molar-refractivity contribution in [1.29, 1.82) is 0 Å². The van der Waals surface area contributed by atoms with E-state index in [1.54, 1.807) is 24.3 Å². The van der Waals surface area contributed by atoms with Gasteiger partial charge in [0, 0.05) is 12.6 Å². The van der Waals surface area contributed by atoms with Crippen LogP contribution in [0.3, 0.4) is 0 Å². The third-order valence-corrected chi connectivity index (χ3v) is 4.07. The van der Waals surface area contributed by atoms with Crippen LogP contribution in [0.5, 0.6) is 5.75 Å². The lowest BCUT2D eigenvalue weighted by molar-refractivity contribution is -0.135. The molecule has 2 amide bonds. The molecule has 0 saturated carbocycles. The average Bonchev–Trinajstić information content (AvgIpc) is 2.68. The van der Waals surface area contributed by atoms with Crippen LogP contribution in [0.2, 0.25) is 0 Å². The van der Waals surface area contributed by atoms with Crippen LogP contribution < -0.4 is 15.4 Å². The summed E-state index contributed by atoms with van der Waals surface area (Å²) in [5.74, 6) is -0.672. The molecule has 0 saturated heterocycles. The van der Waals surface area contributed by atoms with Gasteiger partial charge in [-0.05, 0) is 40.6 Å². The fourth-order valence-corrected chi connectivity index (χ4v) is 2.83. The standard InChI is InChI=1S/C22H20N2O4/c1-15(25)24-18-9-11-19(12-10-18)28-22(27)14-23-21(26)13-17-7-4-6-16-5-2-3-8-20(16)17/h2-12H,13-14H2,1H3,(H,23,26)(H,24,25). The van der Waals surface area contributed by atoms with Gasteiger partial charge >= 0.3 is 5.97 Å². The minimum atomic E-state index is -0.571. The van der Waals surface area contributed by atoms with Gasteiger partial charge in [0.2, 0.25) is 11.8 Å². The smallest absolute Gasteiger partial charge is 0.330 e. The molecule has 0 aliphatic carbocycles. The number of carbonyl (C=O) groups excluding carboxylic acids is 3. The topological polar surface area (TPSA) is 84.5 Å². The molecule has 0 radical (unpaired) electrons. The number of anilines is 1. The molecular weight excluding hydrogens is 356 g/mol. The summed E-state index contributed by atoms with van der Waals surface area (Å²) in [4.78, 5) is 35.1. The average molecular weight is 376 g/mol. The number of hydrogen-bond donors (Lipinski definition) is 2. The maximum Gasteiger partial charge on any atom is 0.330 e. The first-order valence-corrected chi connectivity index (χ1v) is 8.83. The lowest BCUT2D eigenvalue weighted by Crippen LogP contribution is -2.32. The Bertz CT molecular complexity index is 1010. The molecule has 0 aliphatic heterocycles. The van der Waals surface area contributed by atoms with Gasteiger partial charge in [-0.1, -0.05) is 42.5 Å². The van der Waals surface area contributed by atoms with E-state index >= 15 is 0 Å². The van der Waals surface area contributed by atoms with Gasteiger partial charge in [0.1, 0.15) is 12.3 Å². The summed E-state index contributed by atoms with van der Waals surface area (Å²) in [5, 5.41) is 7.29. The molecule has 3 rings (SSSR count). The number of esters is 1. The Morgan fingerprint density at radius 3 is 2.36 bits per heavy atom. The third kappa shape index (κ3) is 5.17. The molecule has 6 nitrogen and oxygen atoms in total. The number of amides is 2. The summed E-state index contributed by atoms with van der Waals surface area (Å²) < 4.78 is 5.18. The largest absolute Gasteiger partial charge is 0.425 e. The molecule has 0 bridgehead atoms. The van der Waals surface area contributed by atoms with Crippen LogP contribution >= 0.6 is 0 Å². The SMILES string of the molecule is CC(=O)Nc1ccc(OC(=O)CNC(=O)Cc2cccc3ccccc23)cc1.